The quantitative estimate of drug-likeness (QED) is 0.0226. The van der Waals surface area contributed by atoms with Crippen LogP contribution in [-0.4, -0.2) is 47.6 Å². The summed E-state index contributed by atoms with van der Waals surface area (Å²) in [5.41, 5.74) is 10.7. The summed E-state index contributed by atoms with van der Waals surface area (Å²) in [4.78, 5) is 43.2. The molecular formula is C44H50Cl2N6O5S2. The number of ether oxygens (including phenoxy) is 2. The molecule has 0 atom stereocenters. The fourth-order valence-electron chi connectivity index (χ4n) is 4.76. The summed E-state index contributed by atoms with van der Waals surface area (Å²) in [5.74, 6) is 4.48. The number of anilines is 2. The van der Waals surface area contributed by atoms with E-state index in [9.17, 15) is 14.4 Å². The number of hydrazine groups is 1. The number of hydrogen-bond donors (Lipinski definition) is 3. The summed E-state index contributed by atoms with van der Waals surface area (Å²) >= 11 is 15.1. The lowest BCUT2D eigenvalue weighted by atomic mass is 10.1. The van der Waals surface area contributed by atoms with Gasteiger partial charge in [-0.2, -0.15) is 5.10 Å². The van der Waals surface area contributed by atoms with Crippen LogP contribution in [0.15, 0.2) is 113 Å². The first-order valence-electron chi connectivity index (χ1n) is 17.9. The number of nitrogen functional groups attached to an aromatic ring is 1. The molecule has 4 aromatic carbocycles. The topological polar surface area (TPSA) is 158 Å². The largest absolute Gasteiger partial charge is 0.462 e. The summed E-state index contributed by atoms with van der Waals surface area (Å²) in [6.07, 6.45) is 5.90. The van der Waals surface area contributed by atoms with E-state index in [1.54, 1.807) is 42.6 Å². The van der Waals surface area contributed by atoms with E-state index in [0.29, 0.717) is 62.1 Å². The number of nitrogens with one attached hydrogen (secondary N) is 2. The average Bonchev–Trinajstić information content (AvgIpc) is 3.92. The summed E-state index contributed by atoms with van der Waals surface area (Å²) in [6, 6.07) is 29.0. The van der Waals surface area contributed by atoms with Crippen LogP contribution in [0, 0.1) is 0 Å². The molecule has 0 amide bonds. The number of hydrazone groups is 1. The number of carbonyl (C=O) groups is 3. The second kappa shape index (κ2) is 27.3. The third kappa shape index (κ3) is 15.7. The highest BCUT2D eigenvalue weighted by atomic mass is 35.5. The van der Waals surface area contributed by atoms with Crippen molar-refractivity contribution in [1.82, 2.24) is 9.97 Å². The monoisotopic (exact) mass is 876 g/mol. The van der Waals surface area contributed by atoms with Gasteiger partial charge in [0.25, 0.3) is 0 Å². The summed E-state index contributed by atoms with van der Waals surface area (Å²) < 4.78 is 10.3. The molecule has 6 rings (SSSR count). The molecule has 0 saturated heterocycles. The Labute approximate surface area is 364 Å². The summed E-state index contributed by atoms with van der Waals surface area (Å²) in [7, 11) is 0. The van der Waals surface area contributed by atoms with Gasteiger partial charge in [0.05, 0.1) is 41.9 Å². The molecule has 2 aromatic heterocycles. The summed E-state index contributed by atoms with van der Waals surface area (Å²) in [6.45, 7) is 4.90. The number of hydrogen-bond acceptors (Lipinski definition) is 13. The Balaban J connectivity index is 0.000000328. The van der Waals surface area contributed by atoms with Crippen LogP contribution in [-0.2, 0) is 9.47 Å². The number of aldehydes is 1. The fraction of sp³-hybridized carbons (Fsp3) is 0.227. The molecule has 4 N–H and O–H groups in total. The van der Waals surface area contributed by atoms with E-state index in [4.69, 9.17) is 38.5 Å². The van der Waals surface area contributed by atoms with E-state index in [1.165, 1.54) is 22.7 Å². The van der Waals surface area contributed by atoms with Gasteiger partial charge in [-0.15, -0.1) is 22.7 Å². The number of benzene rings is 4. The smallest absolute Gasteiger partial charge is 0.338 e. The Bertz CT molecular complexity index is 2230. The maximum atomic E-state index is 12.2. The van der Waals surface area contributed by atoms with E-state index < -0.39 is 5.97 Å². The zero-order valence-corrected chi connectivity index (χ0v) is 34.5. The van der Waals surface area contributed by atoms with E-state index in [-0.39, 0.29) is 20.8 Å². The van der Waals surface area contributed by atoms with Crippen molar-refractivity contribution < 1.29 is 23.9 Å². The molecule has 0 aliphatic rings. The van der Waals surface area contributed by atoms with E-state index in [1.807, 2.05) is 78.3 Å². The highest BCUT2D eigenvalue weighted by Crippen LogP contribution is 2.31. The number of nitrogens with two attached hydrogens (primary N) is 1. The zero-order valence-electron chi connectivity index (χ0n) is 31.3. The lowest BCUT2D eigenvalue weighted by molar-refractivity contribution is 0.0489. The number of thiazole rings is 2. The van der Waals surface area contributed by atoms with Crippen LogP contribution < -0.4 is 16.7 Å². The molecule has 0 spiro atoms. The average molecular weight is 878 g/mol. The van der Waals surface area contributed by atoms with Gasteiger partial charge in [0.1, 0.15) is 0 Å². The first-order valence-corrected chi connectivity index (χ1v) is 20.4. The molecule has 312 valence electrons. The first kappa shape index (κ1) is 49.7. The fourth-order valence-corrected chi connectivity index (χ4v) is 6.51. The standard InChI is InChI=1S/C21H20ClN3O2S.C12H14O3.C9H8ClN3S.2CH4/c1-2-3-12-27-20(26)16-9-5-4-8-15(16)13-23-25-21-24-19(14-28-21)17-10-6-7-11-18(17)22;1-2-3-8-15-12(14)11-7-5-4-6-10(11)9-13;10-7-4-2-1-3-6(7)8-5-14-9(12-8)13-11;;/h4-11,13-14H,2-3,12H2,1H3,(H,24,25);4-7,9H,2-3,8H2,1H3;1-5H,11H2,(H,12,13);2*1H4/b23-13+;;;;. The molecule has 11 nitrogen and oxygen atoms in total. The Morgan fingerprint density at radius 2 is 1.14 bits per heavy atom. The van der Waals surface area contributed by atoms with Gasteiger partial charge in [-0.05, 0) is 37.1 Å². The van der Waals surface area contributed by atoms with Gasteiger partial charge < -0.3 is 9.47 Å². The first-order chi connectivity index (χ1) is 27.8. The number of nitrogens with zero attached hydrogens (tertiary/aromatic N) is 3. The van der Waals surface area contributed by atoms with E-state index in [2.05, 4.69) is 32.8 Å². The lowest BCUT2D eigenvalue weighted by Gasteiger charge is -2.06. The molecule has 0 aliphatic carbocycles. The summed E-state index contributed by atoms with van der Waals surface area (Å²) in [5, 5.41) is 10.7. The minimum Gasteiger partial charge on any atom is -0.462 e. The number of unbranched alkanes of at least 4 members (excludes halogenated alkanes) is 2. The second-order valence-electron chi connectivity index (χ2n) is 11.8. The SMILES string of the molecule is C.C.CCCCOC(=O)c1ccccc1/C=N/Nc1nc(-c2ccccc2Cl)cs1.CCCCOC(=O)c1ccccc1C=O.NNc1nc(-c2ccccc2Cl)cs1. The molecule has 0 saturated carbocycles. The second-order valence-corrected chi connectivity index (χ2v) is 14.4. The van der Waals surface area contributed by atoms with E-state index in [0.717, 1.165) is 48.2 Å². The maximum absolute atomic E-state index is 12.2. The number of carbonyl (C=O) groups excluding carboxylic acids is 3. The molecular weight excluding hydrogens is 828 g/mol. The Kier molecular flexibility index (Phi) is 23.0. The van der Waals surface area contributed by atoms with Crippen LogP contribution in [0.2, 0.25) is 10.0 Å². The van der Waals surface area contributed by atoms with Gasteiger partial charge in [0.2, 0.25) is 5.13 Å². The third-order valence-corrected chi connectivity index (χ3v) is 9.93. The van der Waals surface area contributed by atoms with Crippen molar-refractivity contribution in [2.75, 3.05) is 24.1 Å². The van der Waals surface area contributed by atoms with Crippen LogP contribution in [0.1, 0.15) is 91.0 Å². The molecule has 15 heteroatoms. The van der Waals surface area contributed by atoms with Crippen LogP contribution in [0.3, 0.4) is 0 Å². The normalized spacial score (nSPS) is 10.1. The number of esters is 2. The molecule has 0 radical (unpaired) electrons. The van der Waals surface area contributed by atoms with Crippen molar-refractivity contribution in [3.63, 3.8) is 0 Å². The zero-order chi connectivity index (χ0) is 40.8. The van der Waals surface area contributed by atoms with Crippen molar-refractivity contribution in [2.24, 2.45) is 10.9 Å². The molecule has 59 heavy (non-hydrogen) atoms. The van der Waals surface area contributed by atoms with Crippen LogP contribution in [0.4, 0.5) is 10.3 Å². The van der Waals surface area contributed by atoms with E-state index >= 15 is 0 Å². The van der Waals surface area contributed by atoms with Crippen molar-refractivity contribution >= 4 is 80.6 Å². The van der Waals surface area contributed by atoms with Gasteiger partial charge >= 0.3 is 11.9 Å². The van der Waals surface area contributed by atoms with Crippen LogP contribution >= 0.6 is 45.9 Å². The van der Waals surface area contributed by atoms with Gasteiger partial charge in [-0.25, -0.2) is 25.4 Å². The van der Waals surface area contributed by atoms with Crippen molar-refractivity contribution in [2.45, 2.75) is 54.4 Å². The minimum atomic E-state index is -0.425. The highest BCUT2D eigenvalue weighted by Gasteiger charge is 2.13. The van der Waals surface area contributed by atoms with Crippen LogP contribution in [0.25, 0.3) is 22.5 Å². The number of aromatic nitrogens is 2. The third-order valence-electron chi connectivity index (χ3n) is 7.75. The number of halogens is 2. The molecule has 0 unspecified atom stereocenters. The number of rotatable bonds is 15. The maximum Gasteiger partial charge on any atom is 0.338 e. The van der Waals surface area contributed by atoms with Crippen molar-refractivity contribution in [1.29, 1.82) is 0 Å². The predicted molar refractivity (Wildman–Crippen MR) is 246 cm³/mol. The van der Waals surface area contributed by atoms with Crippen molar-refractivity contribution in [3.8, 4) is 22.5 Å². The Morgan fingerprint density at radius 1 is 0.695 bits per heavy atom. The Hall–Kier alpha value is -5.44. The highest BCUT2D eigenvalue weighted by molar-refractivity contribution is 7.14. The molecule has 6 aromatic rings. The van der Waals surface area contributed by atoms with Gasteiger partial charge in [0.15, 0.2) is 11.4 Å². The predicted octanol–water partition coefficient (Wildman–Crippen LogP) is 12.3. The van der Waals surface area contributed by atoms with Gasteiger partial charge in [-0.1, -0.05) is 138 Å². The van der Waals surface area contributed by atoms with Gasteiger partial charge in [0, 0.05) is 43.1 Å². The molecule has 0 fully saturated rings. The van der Waals surface area contributed by atoms with Crippen LogP contribution in [0.5, 0.6) is 0 Å². The Morgan fingerprint density at radius 3 is 1.61 bits per heavy atom. The molecule has 0 aliphatic heterocycles. The van der Waals surface area contributed by atoms with Gasteiger partial charge in [-0.3, -0.25) is 15.6 Å². The van der Waals surface area contributed by atoms with Crippen molar-refractivity contribution in [3.05, 3.63) is 140 Å². The minimum absolute atomic E-state index is 0. The molecule has 0 bridgehead atoms. The molecule has 2 heterocycles. The lowest BCUT2D eigenvalue weighted by Crippen LogP contribution is -2.09.